The SMILES string of the molecule is CN(C)C(=O)CC1(O)CCCN(C(=O)NCc2ccccc2CS(=O)(=O)N2CCOCC2)C1. The number of carbonyl (C=O) groups excluding carboxylic acids is 2. The smallest absolute Gasteiger partial charge is 0.317 e. The Hall–Kier alpha value is -2.21. The van der Waals surface area contributed by atoms with Crippen molar-refractivity contribution in [3.8, 4) is 0 Å². The molecule has 0 radical (unpaired) electrons. The van der Waals surface area contributed by atoms with E-state index in [1.807, 2.05) is 0 Å². The number of morpholine rings is 1. The van der Waals surface area contributed by atoms with Crippen LogP contribution in [0.15, 0.2) is 24.3 Å². The molecule has 10 nitrogen and oxygen atoms in total. The van der Waals surface area contributed by atoms with Gasteiger partial charge in [-0.2, -0.15) is 4.31 Å². The summed E-state index contributed by atoms with van der Waals surface area (Å²) in [5, 5.41) is 13.7. The molecule has 2 aliphatic rings. The molecule has 11 heteroatoms. The van der Waals surface area contributed by atoms with Gasteiger partial charge < -0.3 is 25.0 Å². The number of β-amino-alcohol motifs (C(OH)–C–C–N with tert-alkyl or cyclic N) is 1. The number of aliphatic hydroxyl groups is 1. The fourth-order valence-corrected chi connectivity index (χ4v) is 5.70. The van der Waals surface area contributed by atoms with Crippen molar-refractivity contribution in [1.82, 2.24) is 19.4 Å². The predicted octanol–water partition coefficient (Wildman–Crippen LogP) is 0.363. The van der Waals surface area contributed by atoms with Gasteiger partial charge in [0, 0.05) is 40.3 Å². The highest BCUT2D eigenvalue weighted by atomic mass is 32.2. The molecular formula is C22H34N4O6S. The van der Waals surface area contributed by atoms with Gasteiger partial charge in [0.05, 0.1) is 37.5 Å². The van der Waals surface area contributed by atoms with Crippen LogP contribution < -0.4 is 5.32 Å². The summed E-state index contributed by atoms with van der Waals surface area (Å²) >= 11 is 0. The van der Waals surface area contributed by atoms with Gasteiger partial charge in [-0.15, -0.1) is 0 Å². The van der Waals surface area contributed by atoms with Crippen molar-refractivity contribution < 1.29 is 27.9 Å². The zero-order valence-corrected chi connectivity index (χ0v) is 20.1. The van der Waals surface area contributed by atoms with Gasteiger partial charge in [0.15, 0.2) is 0 Å². The van der Waals surface area contributed by atoms with Crippen LogP contribution >= 0.6 is 0 Å². The normalized spacial score (nSPS) is 22.1. The number of nitrogens with one attached hydrogen (secondary N) is 1. The summed E-state index contributed by atoms with van der Waals surface area (Å²) in [6.07, 6.45) is 1.02. The van der Waals surface area contributed by atoms with Gasteiger partial charge in [-0.3, -0.25) is 4.79 Å². The van der Waals surface area contributed by atoms with Crippen LogP contribution in [0, 0.1) is 0 Å². The lowest BCUT2D eigenvalue weighted by Gasteiger charge is -2.39. The molecule has 0 aromatic heterocycles. The molecule has 33 heavy (non-hydrogen) atoms. The highest BCUT2D eigenvalue weighted by Gasteiger charge is 2.37. The largest absolute Gasteiger partial charge is 0.387 e. The monoisotopic (exact) mass is 482 g/mol. The molecule has 2 fully saturated rings. The van der Waals surface area contributed by atoms with Gasteiger partial charge in [0.25, 0.3) is 0 Å². The lowest BCUT2D eigenvalue weighted by atomic mass is 9.89. The maximum atomic E-state index is 12.8. The molecule has 1 aromatic rings. The van der Waals surface area contributed by atoms with Crippen molar-refractivity contribution in [1.29, 1.82) is 0 Å². The Morgan fingerprint density at radius 1 is 1.15 bits per heavy atom. The van der Waals surface area contributed by atoms with Crippen LogP contribution in [0.25, 0.3) is 0 Å². The number of carbonyl (C=O) groups is 2. The van der Waals surface area contributed by atoms with Gasteiger partial charge in [-0.05, 0) is 24.0 Å². The van der Waals surface area contributed by atoms with E-state index in [0.717, 1.165) is 5.56 Å². The van der Waals surface area contributed by atoms with Gasteiger partial charge >= 0.3 is 6.03 Å². The maximum absolute atomic E-state index is 12.8. The van der Waals surface area contributed by atoms with Crippen molar-refractivity contribution in [3.05, 3.63) is 35.4 Å². The summed E-state index contributed by atoms with van der Waals surface area (Å²) in [4.78, 5) is 27.8. The maximum Gasteiger partial charge on any atom is 0.317 e. The summed E-state index contributed by atoms with van der Waals surface area (Å²) < 4.78 is 32.3. The first kappa shape index (κ1) is 25.4. The average molecular weight is 483 g/mol. The molecule has 0 saturated carbocycles. The number of nitrogens with zero attached hydrogens (tertiary/aromatic N) is 3. The van der Waals surface area contributed by atoms with Crippen molar-refractivity contribution in [2.45, 2.75) is 37.2 Å². The van der Waals surface area contributed by atoms with Crippen molar-refractivity contribution in [2.75, 3.05) is 53.5 Å². The third kappa shape index (κ3) is 6.89. The first-order valence-electron chi connectivity index (χ1n) is 11.2. The van der Waals surface area contributed by atoms with E-state index in [9.17, 15) is 23.1 Å². The zero-order chi connectivity index (χ0) is 24.1. The molecule has 1 atom stereocenters. The minimum absolute atomic E-state index is 0.0357. The van der Waals surface area contributed by atoms with Crippen LogP contribution in [0.5, 0.6) is 0 Å². The molecule has 0 spiro atoms. The number of urea groups is 1. The Kier molecular flexibility index (Phi) is 8.33. The van der Waals surface area contributed by atoms with Crippen molar-refractivity contribution in [3.63, 3.8) is 0 Å². The second kappa shape index (κ2) is 10.8. The van der Waals surface area contributed by atoms with Crippen LogP contribution in [0.2, 0.25) is 0 Å². The van der Waals surface area contributed by atoms with E-state index in [-0.39, 0.29) is 37.2 Å². The Labute approximate surface area is 195 Å². The molecule has 1 aromatic carbocycles. The Balaban J connectivity index is 1.61. The van der Waals surface area contributed by atoms with Gasteiger partial charge in [-0.25, -0.2) is 13.2 Å². The second-order valence-electron chi connectivity index (χ2n) is 8.91. The minimum atomic E-state index is -3.49. The second-order valence-corrected chi connectivity index (χ2v) is 10.9. The highest BCUT2D eigenvalue weighted by Crippen LogP contribution is 2.25. The van der Waals surface area contributed by atoms with E-state index < -0.39 is 15.6 Å². The topological polar surface area (TPSA) is 119 Å². The number of ether oxygens (including phenoxy) is 1. The minimum Gasteiger partial charge on any atom is -0.387 e. The number of benzene rings is 1. The molecule has 0 bridgehead atoms. The highest BCUT2D eigenvalue weighted by molar-refractivity contribution is 7.88. The van der Waals surface area contributed by atoms with Crippen LogP contribution in [-0.2, 0) is 31.9 Å². The molecule has 3 amide bonds. The van der Waals surface area contributed by atoms with Gasteiger partial charge in [0.1, 0.15) is 0 Å². The summed E-state index contributed by atoms with van der Waals surface area (Å²) in [5.74, 6) is -0.329. The average Bonchev–Trinajstić information content (AvgIpc) is 2.78. The number of hydrogen-bond acceptors (Lipinski definition) is 6. The number of piperidine rings is 1. The predicted molar refractivity (Wildman–Crippen MR) is 123 cm³/mol. The quantitative estimate of drug-likeness (QED) is 0.579. The fraction of sp³-hybridized carbons (Fsp3) is 0.636. The summed E-state index contributed by atoms with van der Waals surface area (Å²) in [6.45, 7) is 2.19. The van der Waals surface area contributed by atoms with E-state index in [0.29, 0.717) is 51.3 Å². The first-order chi connectivity index (χ1) is 15.6. The van der Waals surface area contributed by atoms with E-state index in [4.69, 9.17) is 4.74 Å². The molecular weight excluding hydrogens is 448 g/mol. The van der Waals surface area contributed by atoms with E-state index in [2.05, 4.69) is 5.32 Å². The molecule has 2 saturated heterocycles. The van der Waals surface area contributed by atoms with Crippen LogP contribution in [0.1, 0.15) is 30.4 Å². The summed E-state index contributed by atoms with van der Waals surface area (Å²) in [7, 11) is -0.221. The fourth-order valence-electron chi connectivity index (χ4n) is 4.14. The van der Waals surface area contributed by atoms with E-state index >= 15 is 0 Å². The van der Waals surface area contributed by atoms with Crippen molar-refractivity contribution in [2.24, 2.45) is 0 Å². The third-order valence-corrected chi connectivity index (χ3v) is 7.90. The lowest BCUT2D eigenvalue weighted by Crippen LogP contribution is -2.54. The van der Waals surface area contributed by atoms with E-state index in [1.54, 1.807) is 38.4 Å². The van der Waals surface area contributed by atoms with Crippen LogP contribution in [0.4, 0.5) is 4.79 Å². The number of sulfonamides is 1. The molecule has 1 unspecified atom stereocenters. The number of hydrogen-bond donors (Lipinski definition) is 2. The van der Waals surface area contributed by atoms with Gasteiger partial charge in [0.2, 0.25) is 15.9 Å². The Bertz CT molecular complexity index is 948. The number of likely N-dealkylation sites (tertiary alicyclic amines) is 1. The third-order valence-electron chi connectivity index (χ3n) is 6.07. The zero-order valence-electron chi connectivity index (χ0n) is 19.3. The molecule has 2 N–H and O–H groups in total. The summed E-state index contributed by atoms with van der Waals surface area (Å²) in [6, 6.07) is 6.79. The van der Waals surface area contributed by atoms with Crippen LogP contribution in [0.3, 0.4) is 0 Å². The first-order valence-corrected chi connectivity index (χ1v) is 12.8. The van der Waals surface area contributed by atoms with Crippen LogP contribution in [-0.4, -0.2) is 98.7 Å². The van der Waals surface area contributed by atoms with E-state index in [1.165, 1.54) is 14.1 Å². The number of amides is 3. The number of rotatable bonds is 7. The standard InChI is InChI=1S/C22H34N4O6S/c1-24(2)20(27)14-22(29)8-5-9-25(17-22)21(28)23-15-18-6-3-4-7-19(18)16-33(30,31)26-10-12-32-13-11-26/h3-4,6-7,29H,5,8-17H2,1-2H3,(H,23,28). The Morgan fingerprint density at radius 2 is 1.82 bits per heavy atom. The molecule has 0 aliphatic carbocycles. The summed E-state index contributed by atoms with van der Waals surface area (Å²) in [5.41, 5.74) is 0.106. The molecule has 3 rings (SSSR count). The van der Waals surface area contributed by atoms with Crippen molar-refractivity contribution >= 4 is 22.0 Å². The molecule has 2 heterocycles. The Morgan fingerprint density at radius 3 is 2.48 bits per heavy atom. The lowest BCUT2D eigenvalue weighted by molar-refractivity contribution is -0.135. The molecule has 2 aliphatic heterocycles. The van der Waals surface area contributed by atoms with Gasteiger partial charge in [-0.1, -0.05) is 24.3 Å². The molecule has 184 valence electrons.